The van der Waals surface area contributed by atoms with Crippen molar-refractivity contribution < 1.29 is 4.39 Å². The van der Waals surface area contributed by atoms with Crippen LogP contribution in [0.3, 0.4) is 0 Å². The van der Waals surface area contributed by atoms with Gasteiger partial charge in [0.15, 0.2) is 0 Å². The first-order valence-corrected chi connectivity index (χ1v) is 11.0. The number of rotatable bonds is 7. The lowest BCUT2D eigenvalue weighted by atomic mass is 9.93. The van der Waals surface area contributed by atoms with Crippen LogP contribution in [0.5, 0.6) is 0 Å². The number of hydrogen-bond acceptors (Lipinski definition) is 0. The molecule has 1 fully saturated rings. The maximum atomic E-state index is 13.0. The van der Waals surface area contributed by atoms with E-state index < -0.39 is 8.80 Å². The first-order chi connectivity index (χ1) is 9.79. The normalized spacial score (nSPS) is 22.9. The topological polar surface area (TPSA) is 0 Å². The molecule has 1 aromatic carbocycles. The number of halogens is 1. The van der Waals surface area contributed by atoms with Crippen LogP contribution in [-0.4, -0.2) is 8.80 Å². The van der Waals surface area contributed by atoms with E-state index in [9.17, 15) is 4.39 Å². The van der Waals surface area contributed by atoms with Gasteiger partial charge in [-0.2, -0.15) is 0 Å². The fourth-order valence-electron chi connectivity index (χ4n) is 3.56. The van der Waals surface area contributed by atoms with Gasteiger partial charge in [0, 0.05) is 8.80 Å². The second kappa shape index (κ2) is 8.61. The fourth-order valence-corrected chi connectivity index (χ4v) is 7.04. The Morgan fingerprint density at radius 2 is 1.65 bits per heavy atom. The predicted molar refractivity (Wildman–Crippen MR) is 88.7 cm³/mol. The van der Waals surface area contributed by atoms with Gasteiger partial charge in [-0.25, -0.2) is 4.39 Å². The number of benzene rings is 1. The minimum absolute atomic E-state index is 0.108. The summed E-state index contributed by atoms with van der Waals surface area (Å²) in [6, 6.07) is 11.8. The second-order valence-corrected chi connectivity index (χ2v) is 9.94. The third-order valence-corrected chi connectivity index (χ3v) is 8.43. The molecule has 0 bridgehead atoms. The van der Waals surface area contributed by atoms with E-state index in [1.165, 1.54) is 62.6 Å². The van der Waals surface area contributed by atoms with Gasteiger partial charge < -0.3 is 0 Å². The summed E-state index contributed by atoms with van der Waals surface area (Å²) in [5.41, 5.74) is 1.36. The van der Waals surface area contributed by atoms with Gasteiger partial charge in [-0.15, -0.1) is 0 Å². The molecule has 1 aromatic rings. The first-order valence-electron chi connectivity index (χ1n) is 8.55. The Labute approximate surface area is 125 Å². The van der Waals surface area contributed by atoms with E-state index in [2.05, 4.69) is 6.92 Å². The average Bonchev–Trinajstić information content (AvgIpc) is 2.49. The summed E-state index contributed by atoms with van der Waals surface area (Å²) in [6.07, 6.45) is 9.86. The standard InChI is InChI=1S/C18H29FSi/c1-2-3-4-5-6-13-20-14-11-17(12-15-20)16-7-9-18(19)10-8-16/h7-10,17,20H,2-6,11-15H2,1H3/t17-,20-. The summed E-state index contributed by atoms with van der Waals surface area (Å²) < 4.78 is 13.0. The molecular formula is C18H29FSi. The van der Waals surface area contributed by atoms with Gasteiger partial charge in [0.05, 0.1) is 0 Å². The lowest BCUT2D eigenvalue weighted by Crippen LogP contribution is -2.20. The lowest BCUT2D eigenvalue weighted by Gasteiger charge is -2.28. The maximum absolute atomic E-state index is 13.0. The van der Waals surface area contributed by atoms with Crippen molar-refractivity contribution >= 4 is 8.80 Å². The molecule has 1 aliphatic rings. The van der Waals surface area contributed by atoms with Crippen LogP contribution in [0.1, 0.15) is 63.4 Å². The van der Waals surface area contributed by atoms with Crippen LogP contribution in [0.2, 0.25) is 18.1 Å². The highest BCUT2D eigenvalue weighted by molar-refractivity contribution is 6.59. The van der Waals surface area contributed by atoms with Crippen LogP contribution in [-0.2, 0) is 0 Å². The van der Waals surface area contributed by atoms with Crippen LogP contribution in [0.4, 0.5) is 4.39 Å². The van der Waals surface area contributed by atoms with Crippen molar-refractivity contribution in [2.45, 2.75) is 75.9 Å². The monoisotopic (exact) mass is 292 g/mol. The molecule has 0 aromatic heterocycles. The Balaban J connectivity index is 1.66. The van der Waals surface area contributed by atoms with Crippen molar-refractivity contribution in [2.24, 2.45) is 0 Å². The third kappa shape index (κ3) is 5.04. The van der Waals surface area contributed by atoms with E-state index in [-0.39, 0.29) is 5.82 Å². The molecule has 1 aliphatic heterocycles. The van der Waals surface area contributed by atoms with Crippen LogP contribution in [0.15, 0.2) is 24.3 Å². The maximum Gasteiger partial charge on any atom is 0.123 e. The molecule has 0 aliphatic carbocycles. The van der Waals surface area contributed by atoms with Gasteiger partial charge in [0.25, 0.3) is 0 Å². The molecule has 0 atom stereocenters. The van der Waals surface area contributed by atoms with E-state index in [0.29, 0.717) is 5.92 Å². The van der Waals surface area contributed by atoms with Gasteiger partial charge in [0.2, 0.25) is 0 Å². The lowest BCUT2D eigenvalue weighted by molar-refractivity contribution is 0.593. The largest absolute Gasteiger partial charge is 0.207 e. The van der Waals surface area contributed by atoms with Crippen LogP contribution >= 0.6 is 0 Å². The smallest absolute Gasteiger partial charge is 0.123 e. The van der Waals surface area contributed by atoms with E-state index in [0.717, 1.165) is 0 Å². The van der Waals surface area contributed by atoms with Crippen LogP contribution in [0, 0.1) is 5.82 Å². The SMILES string of the molecule is CCCCCCC[Si@H]1CC[C@H](c2ccc(F)cc2)CC1. The Morgan fingerprint density at radius 3 is 2.30 bits per heavy atom. The van der Waals surface area contributed by atoms with Gasteiger partial charge >= 0.3 is 0 Å². The molecule has 0 unspecified atom stereocenters. The van der Waals surface area contributed by atoms with Crippen LogP contribution in [0.25, 0.3) is 0 Å². The Bertz CT molecular complexity index is 366. The molecule has 112 valence electrons. The minimum atomic E-state index is -0.424. The zero-order chi connectivity index (χ0) is 14.2. The van der Waals surface area contributed by atoms with Gasteiger partial charge in [-0.3, -0.25) is 0 Å². The molecule has 0 saturated carbocycles. The molecule has 1 heterocycles. The second-order valence-electron chi connectivity index (χ2n) is 6.47. The summed E-state index contributed by atoms with van der Waals surface area (Å²) in [7, 11) is -0.424. The molecule has 0 amide bonds. The molecule has 20 heavy (non-hydrogen) atoms. The predicted octanol–water partition coefficient (Wildman–Crippen LogP) is 5.90. The van der Waals surface area contributed by atoms with Crippen LogP contribution < -0.4 is 0 Å². The molecule has 0 radical (unpaired) electrons. The van der Waals surface area contributed by atoms with E-state index in [4.69, 9.17) is 0 Å². The zero-order valence-corrected chi connectivity index (χ0v) is 14.1. The Hall–Kier alpha value is -0.633. The summed E-state index contributed by atoms with van der Waals surface area (Å²) >= 11 is 0. The highest BCUT2D eigenvalue weighted by Crippen LogP contribution is 2.35. The van der Waals surface area contributed by atoms with Crippen molar-refractivity contribution in [3.63, 3.8) is 0 Å². The molecule has 0 spiro atoms. The van der Waals surface area contributed by atoms with Gasteiger partial charge in [-0.05, 0) is 36.5 Å². The zero-order valence-electron chi connectivity index (χ0n) is 12.9. The molecule has 1 saturated heterocycles. The first kappa shape index (κ1) is 15.8. The van der Waals surface area contributed by atoms with E-state index >= 15 is 0 Å². The van der Waals surface area contributed by atoms with Crippen molar-refractivity contribution in [1.82, 2.24) is 0 Å². The molecule has 2 rings (SSSR count). The van der Waals surface area contributed by atoms with Crippen molar-refractivity contribution in [3.8, 4) is 0 Å². The van der Waals surface area contributed by atoms with Gasteiger partial charge in [-0.1, -0.05) is 69.3 Å². The van der Waals surface area contributed by atoms with Crippen molar-refractivity contribution in [2.75, 3.05) is 0 Å². The molecule has 0 nitrogen and oxygen atoms in total. The summed E-state index contributed by atoms with van der Waals surface area (Å²) in [4.78, 5) is 0. The average molecular weight is 293 g/mol. The number of hydrogen-bond donors (Lipinski definition) is 0. The van der Waals surface area contributed by atoms with E-state index in [1.807, 2.05) is 12.1 Å². The molecular weight excluding hydrogens is 263 g/mol. The summed E-state index contributed by atoms with van der Waals surface area (Å²) in [5.74, 6) is 0.600. The fraction of sp³-hybridized carbons (Fsp3) is 0.667. The molecule has 0 N–H and O–H groups in total. The van der Waals surface area contributed by atoms with E-state index in [1.54, 1.807) is 18.2 Å². The Kier molecular flexibility index (Phi) is 6.78. The molecule has 2 heteroatoms. The summed E-state index contributed by atoms with van der Waals surface area (Å²) in [5, 5.41) is 0. The Morgan fingerprint density at radius 1 is 1.00 bits per heavy atom. The quantitative estimate of drug-likeness (QED) is 0.433. The highest BCUT2D eigenvalue weighted by Gasteiger charge is 2.22. The van der Waals surface area contributed by atoms with Gasteiger partial charge in [0.1, 0.15) is 5.82 Å². The summed E-state index contributed by atoms with van der Waals surface area (Å²) in [6.45, 7) is 2.28. The highest BCUT2D eigenvalue weighted by atomic mass is 28.3. The third-order valence-electron chi connectivity index (χ3n) is 4.90. The van der Waals surface area contributed by atoms with Crippen molar-refractivity contribution in [3.05, 3.63) is 35.6 Å². The van der Waals surface area contributed by atoms with Crippen molar-refractivity contribution in [1.29, 1.82) is 0 Å². The minimum Gasteiger partial charge on any atom is -0.207 e. The number of unbranched alkanes of at least 4 members (excludes halogenated alkanes) is 4.